The zero-order valence-corrected chi connectivity index (χ0v) is 14.9. The summed E-state index contributed by atoms with van der Waals surface area (Å²) in [5.74, 6) is 1.22. The number of hydrogen-bond acceptors (Lipinski definition) is 3. The molecule has 0 aliphatic heterocycles. The van der Waals surface area contributed by atoms with Crippen LogP contribution in [0.4, 0.5) is 0 Å². The molecule has 1 amide bonds. The second-order valence-corrected chi connectivity index (χ2v) is 6.08. The van der Waals surface area contributed by atoms with E-state index in [4.69, 9.17) is 21.1 Å². The van der Waals surface area contributed by atoms with Crippen LogP contribution in [0.5, 0.6) is 11.5 Å². The van der Waals surface area contributed by atoms with Crippen molar-refractivity contribution in [3.05, 3.63) is 58.6 Å². The number of ether oxygens (including phenoxy) is 2. The van der Waals surface area contributed by atoms with Crippen LogP contribution in [0.15, 0.2) is 42.5 Å². The molecule has 24 heavy (non-hydrogen) atoms. The fourth-order valence-electron chi connectivity index (χ4n) is 2.42. The van der Waals surface area contributed by atoms with E-state index in [-0.39, 0.29) is 11.8 Å². The van der Waals surface area contributed by atoms with Crippen molar-refractivity contribution < 1.29 is 14.3 Å². The van der Waals surface area contributed by atoms with Crippen LogP contribution in [0.1, 0.15) is 18.1 Å². The van der Waals surface area contributed by atoms with Crippen LogP contribution in [0.3, 0.4) is 0 Å². The highest BCUT2D eigenvalue weighted by Gasteiger charge is 2.14. The molecule has 5 heteroatoms. The van der Waals surface area contributed by atoms with E-state index < -0.39 is 0 Å². The molecule has 0 heterocycles. The van der Waals surface area contributed by atoms with Gasteiger partial charge in [-0.05, 0) is 41.8 Å². The molecule has 0 bridgehead atoms. The van der Waals surface area contributed by atoms with Crippen molar-refractivity contribution >= 4 is 17.5 Å². The molecule has 0 aromatic heterocycles. The van der Waals surface area contributed by atoms with Crippen molar-refractivity contribution in [1.29, 1.82) is 0 Å². The van der Waals surface area contributed by atoms with Crippen LogP contribution in [0.25, 0.3) is 0 Å². The van der Waals surface area contributed by atoms with Gasteiger partial charge in [-0.2, -0.15) is 0 Å². The monoisotopic (exact) mass is 347 g/mol. The van der Waals surface area contributed by atoms with Gasteiger partial charge in [0.2, 0.25) is 5.91 Å². The molecule has 4 nitrogen and oxygen atoms in total. The second-order valence-electron chi connectivity index (χ2n) is 5.64. The quantitative estimate of drug-likeness (QED) is 0.827. The van der Waals surface area contributed by atoms with Crippen molar-refractivity contribution in [2.24, 2.45) is 5.92 Å². The average Bonchev–Trinajstić information content (AvgIpc) is 2.60. The molecule has 1 unspecified atom stereocenters. The van der Waals surface area contributed by atoms with E-state index in [1.165, 1.54) is 0 Å². The SMILES string of the molecule is COc1ccc(CC(C)C(=O)NCc2ccc(Cl)cc2)cc1OC. The van der Waals surface area contributed by atoms with Gasteiger partial charge in [0.25, 0.3) is 0 Å². The summed E-state index contributed by atoms with van der Waals surface area (Å²) in [7, 11) is 3.20. The van der Waals surface area contributed by atoms with E-state index in [1.54, 1.807) is 14.2 Å². The molecule has 1 atom stereocenters. The predicted molar refractivity (Wildman–Crippen MR) is 95.7 cm³/mol. The lowest BCUT2D eigenvalue weighted by molar-refractivity contribution is -0.124. The standard InChI is InChI=1S/C19H22ClNO3/c1-13(10-15-6-9-17(23-2)18(11-15)24-3)19(22)21-12-14-4-7-16(20)8-5-14/h4-9,11,13H,10,12H2,1-3H3,(H,21,22). The molecule has 2 aromatic rings. The molecule has 0 aliphatic rings. The van der Waals surface area contributed by atoms with Crippen molar-refractivity contribution in [2.45, 2.75) is 19.9 Å². The van der Waals surface area contributed by atoms with E-state index in [0.717, 1.165) is 11.1 Å². The topological polar surface area (TPSA) is 47.6 Å². The normalized spacial score (nSPS) is 11.7. The third-order valence-electron chi connectivity index (χ3n) is 3.82. The highest BCUT2D eigenvalue weighted by molar-refractivity contribution is 6.30. The molecular weight excluding hydrogens is 326 g/mol. The lowest BCUT2D eigenvalue weighted by atomic mass is 10.00. The number of methoxy groups -OCH3 is 2. The molecule has 0 saturated heterocycles. The molecule has 128 valence electrons. The van der Waals surface area contributed by atoms with Crippen LogP contribution in [-0.2, 0) is 17.8 Å². The summed E-state index contributed by atoms with van der Waals surface area (Å²) in [4.78, 5) is 12.3. The molecule has 2 aromatic carbocycles. The van der Waals surface area contributed by atoms with Crippen LogP contribution in [-0.4, -0.2) is 20.1 Å². The minimum absolute atomic E-state index is 0.0136. The smallest absolute Gasteiger partial charge is 0.223 e. The summed E-state index contributed by atoms with van der Waals surface area (Å²) in [6.07, 6.45) is 0.632. The Morgan fingerprint density at radius 1 is 1.04 bits per heavy atom. The molecule has 0 spiro atoms. The zero-order chi connectivity index (χ0) is 17.5. The highest BCUT2D eigenvalue weighted by Crippen LogP contribution is 2.28. The molecule has 0 radical (unpaired) electrons. The molecule has 0 fully saturated rings. The van der Waals surface area contributed by atoms with Crippen LogP contribution in [0, 0.1) is 5.92 Å². The van der Waals surface area contributed by atoms with E-state index in [9.17, 15) is 4.79 Å². The maximum absolute atomic E-state index is 12.3. The Bertz CT molecular complexity index is 686. The van der Waals surface area contributed by atoms with Crippen molar-refractivity contribution in [2.75, 3.05) is 14.2 Å². The summed E-state index contributed by atoms with van der Waals surface area (Å²) in [5, 5.41) is 3.64. The Labute approximate surface area is 147 Å². The molecular formula is C19H22ClNO3. The van der Waals surface area contributed by atoms with Crippen molar-refractivity contribution in [3.63, 3.8) is 0 Å². The number of carbonyl (C=O) groups excluding carboxylic acids is 1. The number of hydrogen-bond donors (Lipinski definition) is 1. The Morgan fingerprint density at radius 2 is 1.67 bits per heavy atom. The number of rotatable bonds is 7. The minimum Gasteiger partial charge on any atom is -0.493 e. The lowest BCUT2D eigenvalue weighted by Crippen LogP contribution is -2.29. The van der Waals surface area contributed by atoms with Gasteiger partial charge in [-0.15, -0.1) is 0 Å². The Morgan fingerprint density at radius 3 is 2.29 bits per heavy atom. The van der Waals surface area contributed by atoms with E-state index in [2.05, 4.69) is 5.32 Å². The van der Waals surface area contributed by atoms with E-state index in [0.29, 0.717) is 29.5 Å². The number of benzene rings is 2. The van der Waals surface area contributed by atoms with Gasteiger partial charge in [0.1, 0.15) is 0 Å². The van der Waals surface area contributed by atoms with Crippen molar-refractivity contribution in [3.8, 4) is 11.5 Å². The highest BCUT2D eigenvalue weighted by atomic mass is 35.5. The van der Waals surface area contributed by atoms with Gasteiger partial charge in [-0.3, -0.25) is 4.79 Å². The van der Waals surface area contributed by atoms with Gasteiger partial charge in [-0.25, -0.2) is 0 Å². The molecule has 1 N–H and O–H groups in total. The first-order valence-electron chi connectivity index (χ1n) is 7.76. The molecule has 0 saturated carbocycles. The summed E-state index contributed by atoms with van der Waals surface area (Å²) in [5.41, 5.74) is 2.05. The largest absolute Gasteiger partial charge is 0.493 e. The fourth-order valence-corrected chi connectivity index (χ4v) is 2.55. The van der Waals surface area contributed by atoms with Crippen molar-refractivity contribution in [1.82, 2.24) is 5.32 Å². The van der Waals surface area contributed by atoms with Crippen LogP contribution < -0.4 is 14.8 Å². The van der Waals surface area contributed by atoms with Gasteiger partial charge < -0.3 is 14.8 Å². The average molecular weight is 348 g/mol. The summed E-state index contributed by atoms with van der Waals surface area (Å²) in [6.45, 7) is 2.40. The minimum atomic E-state index is -0.143. The summed E-state index contributed by atoms with van der Waals surface area (Å²) < 4.78 is 10.5. The fraction of sp³-hybridized carbons (Fsp3) is 0.316. The third kappa shape index (κ3) is 4.90. The molecule has 0 aliphatic carbocycles. The van der Waals surface area contributed by atoms with Crippen LogP contribution >= 0.6 is 11.6 Å². The number of halogens is 1. The Hall–Kier alpha value is -2.20. The Kier molecular flexibility index (Phi) is 6.50. The van der Waals surface area contributed by atoms with Gasteiger partial charge in [0.15, 0.2) is 11.5 Å². The number of amides is 1. The van der Waals surface area contributed by atoms with Gasteiger partial charge in [-0.1, -0.05) is 36.7 Å². The van der Waals surface area contributed by atoms with E-state index in [1.807, 2.05) is 49.4 Å². The van der Waals surface area contributed by atoms with Gasteiger partial charge in [0, 0.05) is 17.5 Å². The maximum atomic E-state index is 12.3. The van der Waals surface area contributed by atoms with E-state index >= 15 is 0 Å². The molecule has 2 rings (SSSR count). The van der Waals surface area contributed by atoms with Gasteiger partial charge in [0.05, 0.1) is 14.2 Å². The summed E-state index contributed by atoms with van der Waals surface area (Å²) in [6, 6.07) is 13.1. The number of nitrogens with one attached hydrogen (secondary N) is 1. The maximum Gasteiger partial charge on any atom is 0.223 e. The summed E-state index contributed by atoms with van der Waals surface area (Å²) >= 11 is 5.85. The zero-order valence-electron chi connectivity index (χ0n) is 14.1. The first-order chi connectivity index (χ1) is 11.5. The lowest BCUT2D eigenvalue weighted by Gasteiger charge is -2.14. The first-order valence-corrected chi connectivity index (χ1v) is 8.14. The third-order valence-corrected chi connectivity index (χ3v) is 4.07. The Balaban J connectivity index is 1.92. The van der Waals surface area contributed by atoms with Gasteiger partial charge >= 0.3 is 0 Å². The second kappa shape index (κ2) is 8.60. The predicted octanol–water partition coefficient (Wildman–Crippen LogP) is 3.85. The number of carbonyl (C=O) groups is 1. The first kappa shape index (κ1) is 18.1. The van der Waals surface area contributed by atoms with Crippen LogP contribution in [0.2, 0.25) is 5.02 Å².